The van der Waals surface area contributed by atoms with E-state index in [2.05, 4.69) is 41.5 Å². The summed E-state index contributed by atoms with van der Waals surface area (Å²) in [7, 11) is -9.91. The van der Waals surface area contributed by atoms with Gasteiger partial charge in [0.2, 0.25) is 0 Å². The predicted octanol–water partition coefficient (Wildman–Crippen LogP) is 22.3. The summed E-state index contributed by atoms with van der Waals surface area (Å²) in [5, 5.41) is 10.6. The maximum absolute atomic E-state index is 13.1. The Bertz CT molecular complexity index is 1840. The fraction of sp³-hybridized carbons (Fsp3) is 0.947. The van der Waals surface area contributed by atoms with Gasteiger partial charge in [0.15, 0.2) is 12.2 Å². The van der Waals surface area contributed by atoms with Crippen LogP contribution in [0, 0.1) is 11.8 Å². The van der Waals surface area contributed by atoms with E-state index in [4.69, 9.17) is 37.0 Å². The van der Waals surface area contributed by atoms with Gasteiger partial charge < -0.3 is 33.8 Å². The van der Waals surface area contributed by atoms with E-state index < -0.39 is 97.5 Å². The van der Waals surface area contributed by atoms with Crippen LogP contribution in [0.2, 0.25) is 0 Å². The number of rotatable bonds is 75. The summed E-state index contributed by atoms with van der Waals surface area (Å²) in [6, 6.07) is 0. The Balaban J connectivity index is 5.21. The molecule has 0 saturated carbocycles. The summed E-state index contributed by atoms with van der Waals surface area (Å²) >= 11 is 0. The number of carbonyl (C=O) groups is 4. The molecule has 6 atom stereocenters. The zero-order chi connectivity index (χ0) is 70.0. The molecule has 0 saturated heterocycles. The minimum absolute atomic E-state index is 0.104. The highest BCUT2D eigenvalue weighted by Gasteiger charge is 2.30. The lowest BCUT2D eigenvalue weighted by Gasteiger charge is -2.21. The van der Waals surface area contributed by atoms with Crippen molar-refractivity contribution >= 4 is 39.5 Å². The van der Waals surface area contributed by atoms with Crippen molar-refractivity contribution in [1.82, 2.24) is 0 Å². The van der Waals surface area contributed by atoms with Gasteiger partial charge in [-0.15, -0.1) is 0 Å². The van der Waals surface area contributed by atoms with Gasteiger partial charge in [-0.25, -0.2) is 9.13 Å². The SMILES string of the molecule is CCCCCCCCCCCCCCCCCCCCCCC(=O)O[C@H](COC(=O)CCCCCCCCCCCCCCCC)COP(=O)(O)OC[C@@H](O)COP(=O)(O)OC[C@@H](COC(=O)CCCCCCCCC(C)CC)OC(=O)CCCCCCCCCCC(C)C. The monoisotopic (exact) mass is 1400 g/mol. The molecule has 0 fully saturated rings. The van der Waals surface area contributed by atoms with E-state index >= 15 is 0 Å². The Morgan fingerprint density at radius 1 is 0.305 bits per heavy atom. The van der Waals surface area contributed by atoms with Crippen molar-refractivity contribution < 1.29 is 80.2 Å². The number of esters is 4. The number of unbranched alkanes of at least 4 members (excludes halogenated alkanes) is 44. The van der Waals surface area contributed by atoms with E-state index in [0.29, 0.717) is 25.7 Å². The molecule has 0 aromatic heterocycles. The predicted molar refractivity (Wildman–Crippen MR) is 386 cm³/mol. The first-order valence-corrected chi connectivity index (χ1v) is 42.5. The van der Waals surface area contributed by atoms with Crippen LogP contribution in [-0.2, 0) is 65.4 Å². The number of phosphoric acid groups is 2. The number of ether oxygens (including phenoxy) is 4. The molecule has 0 aliphatic carbocycles. The molecule has 0 spiro atoms. The maximum Gasteiger partial charge on any atom is 0.472 e. The van der Waals surface area contributed by atoms with Crippen LogP contribution >= 0.6 is 15.6 Å². The summed E-state index contributed by atoms with van der Waals surface area (Å²) < 4.78 is 68.5. The zero-order valence-corrected chi connectivity index (χ0v) is 63.8. The largest absolute Gasteiger partial charge is 0.472 e. The first kappa shape index (κ1) is 93.1. The van der Waals surface area contributed by atoms with E-state index in [9.17, 15) is 43.2 Å². The molecule has 0 aliphatic rings. The van der Waals surface area contributed by atoms with Crippen LogP contribution in [0.3, 0.4) is 0 Å². The average molecular weight is 1400 g/mol. The van der Waals surface area contributed by atoms with Crippen molar-refractivity contribution in [3.05, 3.63) is 0 Å². The van der Waals surface area contributed by atoms with Crippen LogP contribution in [0.1, 0.15) is 395 Å². The molecule has 0 rings (SSSR count). The number of hydrogen-bond acceptors (Lipinski definition) is 15. The zero-order valence-electron chi connectivity index (χ0n) is 62.0. The van der Waals surface area contributed by atoms with Crippen LogP contribution in [0.25, 0.3) is 0 Å². The topological polar surface area (TPSA) is 237 Å². The van der Waals surface area contributed by atoms with Gasteiger partial charge in [-0.3, -0.25) is 37.3 Å². The molecule has 0 amide bonds. The van der Waals surface area contributed by atoms with Gasteiger partial charge in [0.1, 0.15) is 19.3 Å². The molecule has 0 aliphatic heterocycles. The van der Waals surface area contributed by atoms with E-state index in [1.54, 1.807) is 0 Å². The summed E-state index contributed by atoms with van der Waals surface area (Å²) in [4.78, 5) is 72.8. The van der Waals surface area contributed by atoms with Gasteiger partial charge in [0, 0.05) is 25.7 Å². The Hall–Kier alpha value is -1.94. The third-order valence-electron chi connectivity index (χ3n) is 18.1. The first-order chi connectivity index (χ1) is 45.9. The van der Waals surface area contributed by atoms with Crippen molar-refractivity contribution in [2.45, 2.75) is 413 Å². The van der Waals surface area contributed by atoms with Crippen molar-refractivity contribution in [2.75, 3.05) is 39.6 Å². The second-order valence-corrected chi connectivity index (χ2v) is 31.0. The molecule has 564 valence electrons. The van der Waals surface area contributed by atoms with E-state index in [1.807, 2.05) is 0 Å². The van der Waals surface area contributed by atoms with Crippen LogP contribution in [0.15, 0.2) is 0 Å². The maximum atomic E-state index is 13.1. The lowest BCUT2D eigenvalue weighted by molar-refractivity contribution is -0.161. The van der Waals surface area contributed by atoms with Crippen LogP contribution < -0.4 is 0 Å². The Kier molecular flexibility index (Phi) is 66.5. The highest BCUT2D eigenvalue weighted by molar-refractivity contribution is 7.47. The van der Waals surface area contributed by atoms with Crippen molar-refractivity contribution in [2.24, 2.45) is 11.8 Å². The minimum atomic E-state index is -4.96. The van der Waals surface area contributed by atoms with E-state index in [1.165, 1.54) is 205 Å². The molecule has 3 unspecified atom stereocenters. The number of carbonyl (C=O) groups excluding carboxylic acids is 4. The fourth-order valence-corrected chi connectivity index (χ4v) is 13.2. The number of aliphatic hydroxyl groups excluding tert-OH is 1. The smallest absolute Gasteiger partial charge is 0.462 e. The summed E-state index contributed by atoms with van der Waals surface area (Å²) in [5.74, 6) is -0.670. The van der Waals surface area contributed by atoms with Crippen LogP contribution in [0.5, 0.6) is 0 Å². The van der Waals surface area contributed by atoms with Gasteiger partial charge in [0.25, 0.3) is 0 Å². The number of phosphoric ester groups is 2. The number of hydrogen-bond donors (Lipinski definition) is 3. The number of aliphatic hydroxyl groups is 1. The second kappa shape index (κ2) is 67.9. The lowest BCUT2D eigenvalue weighted by Crippen LogP contribution is -2.30. The summed E-state index contributed by atoms with van der Waals surface area (Å²) in [6.07, 6.45) is 55.7. The van der Waals surface area contributed by atoms with Gasteiger partial charge in [-0.05, 0) is 37.5 Å². The van der Waals surface area contributed by atoms with Crippen molar-refractivity contribution in [1.29, 1.82) is 0 Å². The molecule has 0 aromatic rings. The Morgan fingerprint density at radius 2 is 0.537 bits per heavy atom. The lowest BCUT2D eigenvalue weighted by atomic mass is 10.00. The molecule has 17 nitrogen and oxygen atoms in total. The molecular weight excluding hydrogens is 1250 g/mol. The molecule has 3 N–H and O–H groups in total. The van der Waals surface area contributed by atoms with Crippen LogP contribution in [-0.4, -0.2) is 96.7 Å². The second-order valence-electron chi connectivity index (χ2n) is 28.1. The quantitative estimate of drug-likeness (QED) is 0.0222. The molecule has 0 aromatic carbocycles. The van der Waals surface area contributed by atoms with E-state index in [0.717, 1.165) is 108 Å². The molecular formula is C76H148O17P2. The van der Waals surface area contributed by atoms with Gasteiger partial charge in [-0.2, -0.15) is 0 Å². The fourth-order valence-electron chi connectivity index (χ4n) is 11.6. The standard InChI is InChI=1S/C76H148O17P2/c1-7-10-12-14-16-18-20-22-24-25-26-27-28-29-31-33-35-40-48-54-60-75(80)92-71(64-86-73(78)58-52-46-39-34-32-30-23-21-19-17-15-13-11-8-2)66-90-94(82,83)88-62-70(77)63-89-95(84,85)91-67-72(65-87-74(79)59-53-47-43-42-45-51-57-69(6)9-3)93-76(81)61-55-49-41-37-36-38-44-50-56-68(4)5/h68-72,77H,7-67H2,1-6H3,(H,82,83)(H,84,85)/t69?,70-,71-,72-/m1/s1. The third kappa shape index (κ3) is 69.0. The van der Waals surface area contributed by atoms with Gasteiger partial charge in [0.05, 0.1) is 26.4 Å². The molecule has 0 radical (unpaired) electrons. The highest BCUT2D eigenvalue weighted by atomic mass is 31.2. The van der Waals surface area contributed by atoms with Crippen molar-refractivity contribution in [3.8, 4) is 0 Å². The molecule has 0 bridgehead atoms. The highest BCUT2D eigenvalue weighted by Crippen LogP contribution is 2.45. The molecule has 0 heterocycles. The van der Waals surface area contributed by atoms with E-state index in [-0.39, 0.29) is 25.7 Å². The Labute approximate surface area is 581 Å². The van der Waals surface area contributed by atoms with Gasteiger partial charge in [-0.1, -0.05) is 343 Å². The average Bonchev–Trinajstić information content (AvgIpc) is 2.19. The Morgan fingerprint density at radius 3 is 0.800 bits per heavy atom. The summed E-state index contributed by atoms with van der Waals surface area (Å²) in [6.45, 7) is 9.51. The first-order valence-electron chi connectivity index (χ1n) is 39.5. The summed E-state index contributed by atoms with van der Waals surface area (Å²) in [5.41, 5.74) is 0. The minimum Gasteiger partial charge on any atom is -0.462 e. The third-order valence-corrected chi connectivity index (χ3v) is 20.0. The molecule has 19 heteroatoms. The van der Waals surface area contributed by atoms with Crippen LogP contribution in [0.4, 0.5) is 0 Å². The molecule has 95 heavy (non-hydrogen) atoms. The van der Waals surface area contributed by atoms with Gasteiger partial charge >= 0.3 is 39.5 Å². The normalized spacial score (nSPS) is 14.3. The van der Waals surface area contributed by atoms with Crippen molar-refractivity contribution in [3.63, 3.8) is 0 Å².